The molecule has 0 heterocycles. The van der Waals surface area contributed by atoms with Crippen LogP contribution in [0, 0.1) is 6.92 Å². The van der Waals surface area contributed by atoms with Crippen LogP contribution in [-0.4, -0.2) is 5.38 Å². The molecule has 0 aliphatic rings. The topological polar surface area (TPSA) is 0 Å². The lowest BCUT2D eigenvalue weighted by atomic mass is 10.1. The number of rotatable bonds is 2. The number of allylic oxidation sites excluding steroid dienone is 1. The highest BCUT2D eigenvalue weighted by molar-refractivity contribution is 9.10. The van der Waals surface area contributed by atoms with Crippen molar-refractivity contribution in [1.29, 1.82) is 0 Å². The van der Waals surface area contributed by atoms with Gasteiger partial charge in [-0.25, -0.2) is 0 Å². The Labute approximate surface area is 92.7 Å². The zero-order chi connectivity index (χ0) is 9.84. The summed E-state index contributed by atoms with van der Waals surface area (Å²) in [6.07, 6.45) is 4.04. The largest absolute Gasteiger partial charge is 0.119 e. The standard InChI is InChI=1S/C11H12BrCl/c1-8-7-11(12)6-5-10(8)4-3-9(2)13/h3-7,9H,1-2H3/b4-3+. The van der Waals surface area contributed by atoms with Gasteiger partial charge in [0.25, 0.3) is 0 Å². The highest BCUT2D eigenvalue weighted by atomic mass is 79.9. The first-order valence-electron chi connectivity index (χ1n) is 4.18. The summed E-state index contributed by atoms with van der Waals surface area (Å²) < 4.78 is 1.11. The molecule has 13 heavy (non-hydrogen) atoms. The number of benzene rings is 1. The molecule has 0 nitrogen and oxygen atoms in total. The van der Waals surface area contributed by atoms with Crippen LogP contribution >= 0.6 is 27.5 Å². The van der Waals surface area contributed by atoms with Gasteiger partial charge in [-0.2, -0.15) is 0 Å². The number of aryl methyl sites for hydroxylation is 1. The van der Waals surface area contributed by atoms with E-state index >= 15 is 0 Å². The molecule has 70 valence electrons. The summed E-state index contributed by atoms with van der Waals surface area (Å²) in [6, 6.07) is 6.21. The fourth-order valence-electron chi connectivity index (χ4n) is 1.06. The average Bonchev–Trinajstić information content (AvgIpc) is 2.02. The Morgan fingerprint density at radius 3 is 2.69 bits per heavy atom. The maximum atomic E-state index is 5.82. The molecule has 0 fully saturated rings. The number of alkyl halides is 1. The third kappa shape index (κ3) is 3.53. The number of halogens is 2. The minimum atomic E-state index is 0.0862. The van der Waals surface area contributed by atoms with E-state index in [1.165, 1.54) is 11.1 Å². The maximum Gasteiger partial charge on any atom is 0.0491 e. The predicted octanol–water partition coefficient (Wildman–Crippen LogP) is 4.40. The van der Waals surface area contributed by atoms with Crippen molar-refractivity contribution in [2.24, 2.45) is 0 Å². The summed E-state index contributed by atoms with van der Waals surface area (Å²) in [5.74, 6) is 0. The molecule has 0 radical (unpaired) electrons. The molecule has 1 aromatic rings. The van der Waals surface area contributed by atoms with E-state index in [0.29, 0.717) is 0 Å². The van der Waals surface area contributed by atoms with Crippen molar-refractivity contribution < 1.29 is 0 Å². The molecule has 1 unspecified atom stereocenters. The maximum absolute atomic E-state index is 5.82. The van der Waals surface area contributed by atoms with Crippen molar-refractivity contribution in [2.75, 3.05) is 0 Å². The Hall–Kier alpha value is -0.270. The van der Waals surface area contributed by atoms with Crippen LogP contribution in [0.2, 0.25) is 0 Å². The molecule has 1 aromatic carbocycles. The Balaban J connectivity index is 2.90. The van der Waals surface area contributed by atoms with Crippen molar-refractivity contribution in [1.82, 2.24) is 0 Å². The fraction of sp³-hybridized carbons (Fsp3) is 0.273. The van der Waals surface area contributed by atoms with Gasteiger partial charge in [0, 0.05) is 9.85 Å². The monoisotopic (exact) mass is 258 g/mol. The minimum absolute atomic E-state index is 0.0862. The number of hydrogen-bond acceptors (Lipinski definition) is 0. The van der Waals surface area contributed by atoms with E-state index in [-0.39, 0.29) is 5.38 Å². The SMILES string of the molecule is Cc1cc(Br)ccc1/C=C/C(C)Cl. The van der Waals surface area contributed by atoms with Gasteiger partial charge in [0.05, 0.1) is 0 Å². The van der Waals surface area contributed by atoms with E-state index < -0.39 is 0 Å². The lowest BCUT2D eigenvalue weighted by molar-refractivity contribution is 1.24. The average molecular weight is 260 g/mol. The second kappa shape index (κ2) is 4.83. The Morgan fingerprint density at radius 1 is 1.46 bits per heavy atom. The van der Waals surface area contributed by atoms with Gasteiger partial charge in [-0.1, -0.05) is 34.1 Å². The summed E-state index contributed by atoms with van der Waals surface area (Å²) in [5.41, 5.74) is 2.47. The normalized spacial score (nSPS) is 13.5. The van der Waals surface area contributed by atoms with Gasteiger partial charge in [0.1, 0.15) is 0 Å². The van der Waals surface area contributed by atoms with E-state index in [1.54, 1.807) is 0 Å². The molecule has 1 rings (SSSR count). The molecule has 0 aromatic heterocycles. The van der Waals surface area contributed by atoms with Gasteiger partial charge in [0.2, 0.25) is 0 Å². The van der Waals surface area contributed by atoms with E-state index in [4.69, 9.17) is 11.6 Å². The lowest BCUT2D eigenvalue weighted by Crippen LogP contribution is -1.83. The second-order valence-corrected chi connectivity index (χ2v) is 4.64. The zero-order valence-corrected chi connectivity index (χ0v) is 10.1. The van der Waals surface area contributed by atoms with Crippen LogP contribution in [0.1, 0.15) is 18.1 Å². The van der Waals surface area contributed by atoms with E-state index in [1.807, 2.05) is 19.1 Å². The van der Waals surface area contributed by atoms with Crippen molar-refractivity contribution in [3.8, 4) is 0 Å². The molecule has 0 N–H and O–H groups in total. The van der Waals surface area contributed by atoms with Gasteiger partial charge in [-0.05, 0) is 37.1 Å². The van der Waals surface area contributed by atoms with Gasteiger partial charge in [-0.15, -0.1) is 11.6 Å². The highest BCUT2D eigenvalue weighted by Crippen LogP contribution is 2.17. The second-order valence-electron chi connectivity index (χ2n) is 3.04. The van der Waals surface area contributed by atoms with Gasteiger partial charge in [-0.3, -0.25) is 0 Å². The molecular weight excluding hydrogens is 247 g/mol. The molecule has 0 bridgehead atoms. The van der Waals surface area contributed by atoms with Gasteiger partial charge in [0.15, 0.2) is 0 Å². The Morgan fingerprint density at radius 2 is 2.15 bits per heavy atom. The van der Waals surface area contributed by atoms with Gasteiger partial charge < -0.3 is 0 Å². The summed E-state index contributed by atoms with van der Waals surface area (Å²) in [4.78, 5) is 0. The van der Waals surface area contributed by atoms with Crippen LogP contribution in [0.4, 0.5) is 0 Å². The van der Waals surface area contributed by atoms with Crippen molar-refractivity contribution in [2.45, 2.75) is 19.2 Å². The van der Waals surface area contributed by atoms with Crippen molar-refractivity contribution in [3.05, 3.63) is 39.9 Å². The smallest absolute Gasteiger partial charge is 0.0491 e. The van der Waals surface area contributed by atoms with Gasteiger partial charge >= 0.3 is 0 Å². The summed E-state index contributed by atoms with van der Waals surface area (Å²) >= 11 is 9.24. The molecule has 0 saturated heterocycles. The molecule has 0 saturated carbocycles. The summed E-state index contributed by atoms with van der Waals surface area (Å²) in [5, 5.41) is 0.0862. The van der Waals surface area contributed by atoms with E-state index in [9.17, 15) is 0 Å². The molecule has 1 atom stereocenters. The predicted molar refractivity (Wildman–Crippen MR) is 63.2 cm³/mol. The quantitative estimate of drug-likeness (QED) is 0.691. The fourth-order valence-corrected chi connectivity index (χ4v) is 1.61. The van der Waals surface area contributed by atoms with Crippen LogP contribution in [0.5, 0.6) is 0 Å². The summed E-state index contributed by atoms with van der Waals surface area (Å²) in [6.45, 7) is 4.04. The van der Waals surface area contributed by atoms with E-state index in [0.717, 1.165) is 4.47 Å². The molecule has 2 heteroatoms. The van der Waals surface area contributed by atoms with E-state index in [2.05, 4.69) is 41.1 Å². The molecule has 0 amide bonds. The van der Waals surface area contributed by atoms with Crippen molar-refractivity contribution >= 4 is 33.6 Å². The highest BCUT2D eigenvalue weighted by Gasteiger charge is 1.95. The lowest BCUT2D eigenvalue weighted by Gasteiger charge is -2.00. The third-order valence-corrected chi connectivity index (χ3v) is 2.41. The molecular formula is C11H12BrCl. The first kappa shape index (κ1) is 10.8. The number of hydrogen-bond donors (Lipinski definition) is 0. The van der Waals surface area contributed by atoms with Crippen LogP contribution < -0.4 is 0 Å². The van der Waals surface area contributed by atoms with Crippen LogP contribution in [-0.2, 0) is 0 Å². The zero-order valence-electron chi connectivity index (χ0n) is 7.72. The van der Waals surface area contributed by atoms with Crippen LogP contribution in [0.25, 0.3) is 6.08 Å². The third-order valence-electron chi connectivity index (χ3n) is 1.77. The van der Waals surface area contributed by atoms with Crippen LogP contribution in [0.15, 0.2) is 28.7 Å². The molecule has 0 spiro atoms. The minimum Gasteiger partial charge on any atom is -0.119 e. The Bertz CT molecular complexity index is 316. The molecule has 0 aliphatic heterocycles. The molecule has 0 aliphatic carbocycles. The first-order valence-corrected chi connectivity index (χ1v) is 5.41. The van der Waals surface area contributed by atoms with Crippen molar-refractivity contribution in [3.63, 3.8) is 0 Å². The Kier molecular flexibility index (Phi) is 4.01. The van der Waals surface area contributed by atoms with Crippen LogP contribution in [0.3, 0.4) is 0 Å². The summed E-state index contributed by atoms with van der Waals surface area (Å²) in [7, 11) is 0. The first-order chi connectivity index (χ1) is 6.09.